The fraction of sp³-hybridized carbons (Fsp3) is 0.632. The minimum Gasteiger partial charge on any atom is -0.506 e. The van der Waals surface area contributed by atoms with Crippen molar-refractivity contribution in [3.05, 3.63) is 51.6 Å². The Morgan fingerprint density at radius 3 is 2.07 bits per heavy atom. The van der Waals surface area contributed by atoms with Gasteiger partial charge in [-0.15, -0.1) is 0 Å². The second-order valence-electron chi connectivity index (χ2n) is 14.1. The van der Waals surface area contributed by atoms with Gasteiger partial charge in [-0.25, -0.2) is 4.79 Å². The number of hydrogen-bond donors (Lipinski definition) is 1. The van der Waals surface area contributed by atoms with E-state index in [1.54, 1.807) is 6.07 Å². The van der Waals surface area contributed by atoms with Crippen molar-refractivity contribution in [1.82, 2.24) is 0 Å². The van der Waals surface area contributed by atoms with E-state index in [9.17, 15) is 14.7 Å². The molecule has 0 aromatic heterocycles. The maximum atomic E-state index is 13.1. The van der Waals surface area contributed by atoms with Gasteiger partial charge in [0, 0.05) is 5.56 Å². The zero-order valence-electron chi connectivity index (χ0n) is 28.3. The van der Waals surface area contributed by atoms with Crippen LogP contribution in [0.3, 0.4) is 0 Å². The van der Waals surface area contributed by atoms with Gasteiger partial charge in [-0.1, -0.05) is 78.7 Å². The summed E-state index contributed by atoms with van der Waals surface area (Å²) in [5, 5.41) is 10.5. The monoisotopic (exact) mass is 592 g/mol. The molecule has 0 spiro atoms. The third kappa shape index (κ3) is 9.09. The van der Waals surface area contributed by atoms with E-state index in [0.717, 1.165) is 71.4 Å². The molecule has 0 fully saturated rings. The topological polar surface area (TPSA) is 72.8 Å². The number of aromatic hydroxyl groups is 1. The van der Waals surface area contributed by atoms with E-state index in [-0.39, 0.29) is 28.3 Å². The Kier molecular flexibility index (Phi) is 12.3. The van der Waals surface area contributed by atoms with Crippen molar-refractivity contribution in [1.29, 1.82) is 0 Å². The van der Waals surface area contributed by atoms with Crippen molar-refractivity contribution < 1.29 is 24.2 Å². The van der Waals surface area contributed by atoms with Crippen LogP contribution in [0.2, 0.25) is 0 Å². The van der Waals surface area contributed by atoms with Crippen molar-refractivity contribution >= 4 is 11.8 Å². The van der Waals surface area contributed by atoms with Crippen LogP contribution in [0.25, 0.3) is 0 Å². The summed E-state index contributed by atoms with van der Waals surface area (Å²) in [6, 6.07) is 4.56. The summed E-state index contributed by atoms with van der Waals surface area (Å²) < 4.78 is 12.6. The summed E-state index contributed by atoms with van der Waals surface area (Å²) in [5.41, 5.74) is 3.68. The number of fused-ring (bicyclic) bond motifs is 1. The summed E-state index contributed by atoms with van der Waals surface area (Å²) in [7, 11) is 0. The highest BCUT2D eigenvalue weighted by atomic mass is 16.5. The van der Waals surface area contributed by atoms with E-state index in [1.807, 2.05) is 20.8 Å². The second kappa shape index (κ2) is 15.3. The van der Waals surface area contributed by atoms with Gasteiger partial charge in [0.15, 0.2) is 5.78 Å². The average molecular weight is 593 g/mol. The number of esters is 1. The Morgan fingerprint density at radius 2 is 1.47 bits per heavy atom. The van der Waals surface area contributed by atoms with E-state index < -0.39 is 5.97 Å². The number of carbonyl (C=O) groups is 2. The van der Waals surface area contributed by atoms with Gasteiger partial charge in [-0.05, 0) is 107 Å². The lowest BCUT2D eigenvalue weighted by Gasteiger charge is -2.38. The maximum Gasteiger partial charge on any atom is 0.347 e. The van der Waals surface area contributed by atoms with Gasteiger partial charge in [0.25, 0.3) is 0 Å². The molecule has 3 rings (SSSR count). The van der Waals surface area contributed by atoms with Crippen LogP contribution in [0.4, 0.5) is 0 Å². The lowest BCUT2D eigenvalue weighted by Crippen LogP contribution is -2.37. The minimum absolute atomic E-state index is 0.0175. The molecule has 2 aromatic carbocycles. The van der Waals surface area contributed by atoms with Crippen LogP contribution in [0, 0.1) is 38.5 Å². The van der Waals surface area contributed by atoms with Gasteiger partial charge >= 0.3 is 5.97 Å². The Labute approximate surface area is 260 Å². The normalized spacial score (nSPS) is 17.7. The molecule has 0 bridgehead atoms. The van der Waals surface area contributed by atoms with Crippen molar-refractivity contribution in [3.63, 3.8) is 0 Å². The second-order valence-corrected chi connectivity index (χ2v) is 14.1. The van der Waals surface area contributed by atoms with Crippen LogP contribution in [-0.4, -0.2) is 22.5 Å². The minimum atomic E-state index is -0.678. The number of phenolic OH excluding ortho intramolecular Hbond substituents is 1. The molecule has 5 nitrogen and oxygen atoms in total. The molecule has 1 heterocycles. The molecule has 0 amide bonds. The number of carbonyl (C=O) groups excluding carboxylic acids is 2. The summed E-state index contributed by atoms with van der Waals surface area (Å²) in [5.74, 6) is 2.48. The molecule has 1 N–H and O–H groups in total. The third-order valence-electron chi connectivity index (χ3n) is 9.67. The zero-order chi connectivity index (χ0) is 31.9. The average Bonchev–Trinajstić information content (AvgIpc) is 2.93. The van der Waals surface area contributed by atoms with Crippen molar-refractivity contribution in [3.8, 4) is 17.2 Å². The predicted molar refractivity (Wildman–Crippen MR) is 176 cm³/mol. The molecular weight excluding hydrogens is 536 g/mol. The van der Waals surface area contributed by atoms with Gasteiger partial charge in [0.05, 0.1) is 5.56 Å². The van der Waals surface area contributed by atoms with Gasteiger partial charge in [0.2, 0.25) is 0 Å². The molecule has 3 atom stereocenters. The molecule has 0 saturated carbocycles. The predicted octanol–water partition coefficient (Wildman–Crippen LogP) is 10.3. The highest BCUT2D eigenvalue weighted by Gasteiger charge is 2.35. The Bertz CT molecular complexity index is 1280. The van der Waals surface area contributed by atoms with E-state index in [1.165, 1.54) is 64.0 Å². The fourth-order valence-corrected chi connectivity index (χ4v) is 6.55. The van der Waals surface area contributed by atoms with Crippen molar-refractivity contribution in [2.24, 2.45) is 17.8 Å². The number of ketones is 1. The molecule has 43 heavy (non-hydrogen) atoms. The molecule has 1 aliphatic heterocycles. The first-order chi connectivity index (χ1) is 20.2. The van der Waals surface area contributed by atoms with Gasteiger partial charge in [0.1, 0.15) is 28.4 Å². The first-order valence-electron chi connectivity index (χ1n) is 16.6. The molecule has 0 saturated heterocycles. The molecule has 238 valence electrons. The largest absolute Gasteiger partial charge is 0.506 e. The number of Topliss-reactive ketones (excluding diaryl/α,β-unsaturated/α-hetero) is 1. The fourth-order valence-electron chi connectivity index (χ4n) is 6.55. The van der Waals surface area contributed by atoms with Crippen molar-refractivity contribution in [2.45, 2.75) is 139 Å². The Balaban J connectivity index is 1.58. The number of ether oxygens (including phenoxy) is 2. The SMILES string of the molecule is CC(=O)c1cccc(C(=O)Oc2c(C)c(C)c3c(c2C)CC[C@@](C)(CCC[C@H](C)CCC[C@H](C)CCCC(C)C)O3)c1O. The number of hydrogen-bond acceptors (Lipinski definition) is 5. The number of para-hydroxylation sites is 1. The molecule has 2 aromatic rings. The highest BCUT2D eigenvalue weighted by molar-refractivity contribution is 6.02. The standard InChI is InChI=1S/C38H56O5/c1-24(2)14-10-15-25(3)16-11-17-26(4)18-13-22-38(9)23-21-31-29(7)35(27(5)28(6)36(31)43-38)42-37(41)33-20-12-19-32(30(8)39)34(33)40/h12,19-20,24-26,40H,10-11,13-18,21-23H2,1-9H3/t25-,26-,38-/m1/s1. The van der Waals surface area contributed by atoms with Gasteiger partial charge in [-0.2, -0.15) is 0 Å². The molecule has 0 aliphatic carbocycles. The third-order valence-corrected chi connectivity index (χ3v) is 9.67. The Morgan fingerprint density at radius 1 is 0.884 bits per heavy atom. The molecule has 5 heteroatoms. The number of phenols is 1. The molecule has 1 aliphatic rings. The van der Waals surface area contributed by atoms with Crippen LogP contribution in [0.15, 0.2) is 18.2 Å². The summed E-state index contributed by atoms with van der Waals surface area (Å²) in [4.78, 5) is 25.0. The number of rotatable bonds is 15. The van der Waals surface area contributed by atoms with Crippen LogP contribution < -0.4 is 9.47 Å². The maximum absolute atomic E-state index is 13.1. The van der Waals surface area contributed by atoms with E-state index in [4.69, 9.17) is 9.47 Å². The van der Waals surface area contributed by atoms with E-state index in [2.05, 4.69) is 34.6 Å². The lowest BCUT2D eigenvalue weighted by atomic mass is 9.83. The van der Waals surface area contributed by atoms with E-state index >= 15 is 0 Å². The summed E-state index contributed by atoms with van der Waals surface area (Å²) >= 11 is 0. The molecule has 0 radical (unpaired) electrons. The van der Waals surface area contributed by atoms with E-state index in [0.29, 0.717) is 5.75 Å². The molecule has 0 unspecified atom stereocenters. The van der Waals surface area contributed by atoms with Gasteiger partial charge in [-0.3, -0.25) is 4.79 Å². The van der Waals surface area contributed by atoms with Gasteiger partial charge < -0.3 is 14.6 Å². The Hall–Kier alpha value is -2.82. The zero-order valence-corrected chi connectivity index (χ0v) is 28.3. The number of benzene rings is 2. The summed E-state index contributed by atoms with van der Waals surface area (Å²) in [6.45, 7) is 19.0. The first-order valence-corrected chi connectivity index (χ1v) is 16.6. The van der Waals surface area contributed by atoms with Crippen LogP contribution in [0.5, 0.6) is 17.2 Å². The quantitative estimate of drug-likeness (QED) is 0.127. The summed E-state index contributed by atoms with van der Waals surface area (Å²) in [6.07, 6.45) is 13.3. The lowest BCUT2D eigenvalue weighted by molar-refractivity contribution is 0.0508. The van der Waals surface area contributed by atoms with Crippen molar-refractivity contribution in [2.75, 3.05) is 0 Å². The first kappa shape index (κ1) is 34.7. The molecular formula is C38H56O5. The highest BCUT2D eigenvalue weighted by Crippen LogP contribution is 2.45. The van der Waals surface area contributed by atoms with Crippen LogP contribution in [0.1, 0.15) is 149 Å². The smallest absolute Gasteiger partial charge is 0.347 e. The van der Waals surface area contributed by atoms with Crippen LogP contribution >= 0.6 is 0 Å². The van der Waals surface area contributed by atoms with Crippen LogP contribution in [-0.2, 0) is 6.42 Å².